The van der Waals surface area contributed by atoms with Crippen molar-refractivity contribution in [3.8, 4) is 5.75 Å². The van der Waals surface area contributed by atoms with Crippen LogP contribution in [0.3, 0.4) is 0 Å². The Morgan fingerprint density at radius 2 is 1.93 bits per heavy atom. The van der Waals surface area contributed by atoms with Gasteiger partial charge in [-0.25, -0.2) is 0 Å². The smallest absolute Gasteiger partial charge is 0.191 e. The van der Waals surface area contributed by atoms with Gasteiger partial charge in [0.2, 0.25) is 0 Å². The maximum absolute atomic E-state index is 5.52. The Morgan fingerprint density at radius 3 is 2.54 bits per heavy atom. The number of guanidine groups is 1. The van der Waals surface area contributed by atoms with Crippen molar-refractivity contribution >= 4 is 29.9 Å². The van der Waals surface area contributed by atoms with Gasteiger partial charge >= 0.3 is 0 Å². The van der Waals surface area contributed by atoms with Crippen LogP contribution in [-0.4, -0.2) is 77.6 Å². The summed E-state index contributed by atoms with van der Waals surface area (Å²) in [6.07, 6.45) is 0.958. The fraction of sp³-hybridized carbons (Fsp3) is 0.650. The summed E-state index contributed by atoms with van der Waals surface area (Å²) in [5.41, 5.74) is 1.26. The maximum Gasteiger partial charge on any atom is 0.191 e. The molecule has 0 radical (unpaired) electrons. The van der Waals surface area contributed by atoms with Gasteiger partial charge in [-0.2, -0.15) is 0 Å². The minimum absolute atomic E-state index is 0. The monoisotopic (exact) mass is 506 g/mol. The molecule has 2 N–H and O–H groups in total. The molecule has 0 saturated carbocycles. The van der Waals surface area contributed by atoms with Crippen molar-refractivity contribution in [1.82, 2.24) is 15.5 Å². The van der Waals surface area contributed by atoms with E-state index in [2.05, 4.69) is 32.7 Å². The lowest BCUT2D eigenvalue weighted by Crippen LogP contribution is -2.46. The average molecular weight is 506 g/mol. The molecule has 28 heavy (non-hydrogen) atoms. The first-order chi connectivity index (χ1) is 13.3. The average Bonchev–Trinajstić information content (AvgIpc) is 2.73. The van der Waals surface area contributed by atoms with E-state index in [0.717, 1.165) is 70.7 Å². The van der Waals surface area contributed by atoms with Crippen LogP contribution < -0.4 is 15.4 Å². The lowest BCUT2D eigenvalue weighted by Gasteiger charge is -2.35. The van der Waals surface area contributed by atoms with Crippen LogP contribution in [0.4, 0.5) is 0 Å². The summed E-state index contributed by atoms with van der Waals surface area (Å²) in [6, 6.07) is 8.56. The number of nitrogens with one attached hydrogen (secondary N) is 2. The van der Waals surface area contributed by atoms with Crippen LogP contribution in [-0.2, 0) is 9.47 Å². The van der Waals surface area contributed by atoms with Gasteiger partial charge < -0.3 is 24.8 Å². The summed E-state index contributed by atoms with van der Waals surface area (Å²) in [5.74, 6) is 1.69. The Balaban J connectivity index is 0.00000392. The molecule has 2 rings (SSSR count). The van der Waals surface area contributed by atoms with E-state index in [9.17, 15) is 0 Å². The highest BCUT2D eigenvalue weighted by molar-refractivity contribution is 14.0. The molecule has 0 amide bonds. The van der Waals surface area contributed by atoms with Crippen LogP contribution in [0.25, 0.3) is 0 Å². The van der Waals surface area contributed by atoms with Gasteiger partial charge in [0, 0.05) is 46.4 Å². The summed E-state index contributed by atoms with van der Waals surface area (Å²) in [7, 11) is 3.49. The van der Waals surface area contributed by atoms with Crippen LogP contribution >= 0.6 is 24.0 Å². The Bertz CT molecular complexity index is 551. The van der Waals surface area contributed by atoms with E-state index in [-0.39, 0.29) is 30.0 Å². The number of hydrogen-bond donors (Lipinski definition) is 2. The van der Waals surface area contributed by atoms with Crippen LogP contribution in [0.5, 0.6) is 5.75 Å². The SMILES string of the molecule is CCOCCCNC(=NC)NCC(c1ccc(OC)cc1)N1CCOCC1.I. The largest absolute Gasteiger partial charge is 0.497 e. The standard InChI is InChI=1S/C20H34N4O3.HI/c1-4-26-13-5-10-22-20(21-2)23-16-19(24-11-14-27-15-12-24)17-6-8-18(25-3)9-7-17;/h6-9,19H,4-5,10-16H2,1-3H3,(H2,21,22,23);1H. The first kappa shape index (κ1) is 24.9. The molecule has 1 atom stereocenters. The molecule has 8 heteroatoms. The van der Waals surface area contributed by atoms with Crippen molar-refractivity contribution < 1.29 is 14.2 Å². The number of rotatable bonds is 10. The zero-order valence-corrected chi connectivity index (χ0v) is 19.6. The summed E-state index contributed by atoms with van der Waals surface area (Å²) in [6.45, 7) is 8.56. The van der Waals surface area contributed by atoms with Crippen molar-refractivity contribution in [3.63, 3.8) is 0 Å². The first-order valence-corrected chi connectivity index (χ1v) is 9.76. The zero-order chi connectivity index (χ0) is 19.3. The summed E-state index contributed by atoms with van der Waals surface area (Å²) < 4.78 is 16.2. The highest BCUT2D eigenvalue weighted by atomic mass is 127. The molecule has 0 aromatic heterocycles. The maximum atomic E-state index is 5.52. The van der Waals surface area contributed by atoms with Gasteiger partial charge in [-0.05, 0) is 31.0 Å². The quantitative estimate of drug-likeness (QED) is 0.220. The number of hydrogen-bond acceptors (Lipinski definition) is 5. The number of ether oxygens (including phenoxy) is 3. The normalized spacial score (nSPS) is 16.2. The van der Waals surface area contributed by atoms with Gasteiger partial charge in [0.15, 0.2) is 5.96 Å². The molecule has 7 nitrogen and oxygen atoms in total. The van der Waals surface area contributed by atoms with Crippen molar-refractivity contribution in [2.75, 3.05) is 66.8 Å². The van der Waals surface area contributed by atoms with E-state index in [1.807, 2.05) is 19.1 Å². The highest BCUT2D eigenvalue weighted by Crippen LogP contribution is 2.23. The Kier molecular flexibility index (Phi) is 13.2. The first-order valence-electron chi connectivity index (χ1n) is 9.76. The lowest BCUT2D eigenvalue weighted by molar-refractivity contribution is 0.0170. The second-order valence-corrected chi connectivity index (χ2v) is 6.37. The minimum Gasteiger partial charge on any atom is -0.497 e. The topological polar surface area (TPSA) is 67.3 Å². The third-order valence-electron chi connectivity index (χ3n) is 4.64. The summed E-state index contributed by atoms with van der Waals surface area (Å²) in [4.78, 5) is 6.79. The van der Waals surface area contributed by atoms with Gasteiger partial charge in [0.05, 0.1) is 26.4 Å². The predicted molar refractivity (Wildman–Crippen MR) is 124 cm³/mol. The van der Waals surface area contributed by atoms with Crippen LogP contribution in [0.1, 0.15) is 24.9 Å². The molecule has 1 aromatic rings. The van der Waals surface area contributed by atoms with Gasteiger partial charge in [-0.3, -0.25) is 9.89 Å². The molecule has 0 bridgehead atoms. The zero-order valence-electron chi connectivity index (χ0n) is 17.3. The molecule has 1 fully saturated rings. The molecule has 1 aliphatic heterocycles. The van der Waals surface area contributed by atoms with E-state index < -0.39 is 0 Å². The number of morpholine rings is 1. The molecule has 1 unspecified atom stereocenters. The highest BCUT2D eigenvalue weighted by Gasteiger charge is 2.23. The molecule has 0 aliphatic carbocycles. The van der Waals surface area contributed by atoms with Crippen molar-refractivity contribution in [3.05, 3.63) is 29.8 Å². The third kappa shape index (κ3) is 8.50. The fourth-order valence-corrected chi connectivity index (χ4v) is 3.11. The number of benzene rings is 1. The van der Waals surface area contributed by atoms with Crippen molar-refractivity contribution in [2.45, 2.75) is 19.4 Å². The molecule has 1 aliphatic rings. The van der Waals surface area contributed by atoms with Crippen LogP contribution in [0.2, 0.25) is 0 Å². The Labute approximate surface area is 186 Å². The molecule has 0 spiro atoms. The van der Waals surface area contributed by atoms with E-state index in [1.165, 1.54) is 5.56 Å². The molecule has 1 heterocycles. The van der Waals surface area contributed by atoms with Crippen LogP contribution in [0, 0.1) is 0 Å². The van der Waals surface area contributed by atoms with Crippen molar-refractivity contribution in [1.29, 1.82) is 0 Å². The van der Waals surface area contributed by atoms with Crippen LogP contribution in [0.15, 0.2) is 29.3 Å². The second kappa shape index (κ2) is 14.8. The number of aliphatic imine (C=N–C) groups is 1. The minimum atomic E-state index is 0. The molecular formula is C20H35IN4O3. The molecule has 1 aromatic carbocycles. The Hall–Kier alpha value is -1.10. The van der Waals surface area contributed by atoms with E-state index >= 15 is 0 Å². The Morgan fingerprint density at radius 1 is 1.21 bits per heavy atom. The molecular weight excluding hydrogens is 471 g/mol. The summed E-state index contributed by atoms with van der Waals surface area (Å²) >= 11 is 0. The third-order valence-corrected chi connectivity index (χ3v) is 4.64. The molecule has 1 saturated heterocycles. The molecule has 160 valence electrons. The van der Waals surface area contributed by atoms with Gasteiger partial charge in [-0.1, -0.05) is 12.1 Å². The van der Waals surface area contributed by atoms with Crippen molar-refractivity contribution in [2.24, 2.45) is 4.99 Å². The van der Waals surface area contributed by atoms with E-state index in [4.69, 9.17) is 14.2 Å². The lowest BCUT2D eigenvalue weighted by atomic mass is 10.0. The predicted octanol–water partition coefficient (Wildman–Crippen LogP) is 2.28. The number of halogens is 1. The second-order valence-electron chi connectivity index (χ2n) is 6.37. The van der Waals surface area contributed by atoms with Gasteiger partial charge in [0.25, 0.3) is 0 Å². The summed E-state index contributed by atoms with van der Waals surface area (Å²) in [5, 5.41) is 6.82. The number of nitrogens with zero attached hydrogens (tertiary/aromatic N) is 2. The fourth-order valence-electron chi connectivity index (χ4n) is 3.11. The van der Waals surface area contributed by atoms with Gasteiger partial charge in [0.1, 0.15) is 5.75 Å². The number of methoxy groups -OCH3 is 1. The van der Waals surface area contributed by atoms with Gasteiger partial charge in [-0.15, -0.1) is 24.0 Å². The van der Waals surface area contributed by atoms with E-state index in [1.54, 1.807) is 14.2 Å². The van der Waals surface area contributed by atoms with E-state index in [0.29, 0.717) is 0 Å².